The highest BCUT2D eigenvalue weighted by atomic mass is 35.5. The smallest absolute Gasteiger partial charge is 0.161 e. The summed E-state index contributed by atoms with van der Waals surface area (Å²) in [4.78, 5) is 1.99. The number of fused-ring (bicyclic) bond motifs is 1. The largest absolute Gasteiger partial charge is 0.489 e. The van der Waals surface area contributed by atoms with Crippen molar-refractivity contribution in [3.63, 3.8) is 0 Å². The number of aliphatic hydroxyl groups is 1. The quantitative estimate of drug-likeness (QED) is 0.774. The lowest BCUT2D eigenvalue weighted by molar-refractivity contribution is 0.0374. The van der Waals surface area contributed by atoms with Crippen LogP contribution in [0.25, 0.3) is 0 Å². The number of halogens is 2. The molecular weight excluding hydrogens is 377 g/mol. The predicted molar refractivity (Wildman–Crippen MR) is 102 cm³/mol. The number of hydrogen-bond acceptors (Lipinski definition) is 5. The number of aliphatic hydroxyl groups excluding tert-OH is 1. The molecule has 0 spiro atoms. The normalized spacial score (nSPS) is 17.2. The predicted octanol–water partition coefficient (Wildman–Crippen LogP) is 3.50. The summed E-state index contributed by atoms with van der Waals surface area (Å²) >= 11 is 11.9. The summed E-state index contributed by atoms with van der Waals surface area (Å²) in [6.07, 6.45) is -0.753. The Balaban J connectivity index is 1.44. The Kier molecular flexibility index (Phi) is 6.48. The molecule has 5 nitrogen and oxygen atoms in total. The minimum Gasteiger partial charge on any atom is -0.489 e. The lowest BCUT2D eigenvalue weighted by Crippen LogP contribution is -2.42. The standard InChI is InChI=1S/C19H21Cl2NO4/c1-22(10-15-12-25-18-4-2-3-5-19(18)26-15)9-14(23)11-24-17-7-6-13(20)8-16(17)21/h2-8,14-15,23H,9-12H2,1H3. The van der Waals surface area contributed by atoms with E-state index in [0.717, 1.165) is 11.5 Å². The molecule has 26 heavy (non-hydrogen) atoms. The third kappa shape index (κ3) is 5.17. The van der Waals surface area contributed by atoms with Gasteiger partial charge in [-0.1, -0.05) is 35.3 Å². The highest BCUT2D eigenvalue weighted by molar-refractivity contribution is 6.35. The van der Waals surface area contributed by atoms with Crippen molar-refractivity contribution in [2.75, 3.05) is 33.4 Å². The zero-order chi connectivity index (χ0) is 18.5. The molecule has 2 atom stereocenters. The molecule has 0 amide bonds. The van der Waals surface area contributed by atoms with Crippen LogP contribution in [0.4, 0.5) is 0 Å². The van der Waals surface area contributed by atoms with E-state index in [-0.39, 0.29) is 12.7 Å². The van der Waals surface area contributed by atoms with Crippen molar-refractivity contribution in [3.05, 3.63) is 52.5 Å². The van der Waals surface area contributed by atoms with Crippen molar-refractivity contribution in [2.24, 2.45) is 0 Å². The number of hydrogen-bond donors (Lipinski definition) is 1. The second-order valence-corrected chi connectivity index (χ2v) is 7.10. The van der Waals surface area contributed by atoms with Gasteiger partial charge in [0.2, 0.25) is 0 Å². The molecule has 1 aliphatic rings. The third-order valence-corrected chi connectivity index (χ3v) is 4.46. The van der Waals surface area contributed by atoms with E-state index in [1.165, 1.54) is 0 Å². The molecule has 0 aliphatic carbocycles. The number of nitrogens with zero attached hydrogens (tertiary/aromatic N) is 1. The summed E-state index contributed by atoms with van der Waals surface area (Å²) in [5.41, 5.74) is 0. The molecule has 0 bridgehead atoms. The molecule has 7 heteroatoms. The molecule has 2 aromatic rings. The monoisotopic (exact) mass is 397 g/mol. The highest BCUT2D eigenvalue weighted by Gasteiger charge is 2.22. The average molecular weight is 398 g/mol. The fraction of sp³-hybridized carbons (Fsp3) is 0.368. The Morgan fingerprint density at radius 2 is 2.00 bits per heavy atom. The lowest BCUT2D eigenvalue weighted by Gasteiger charge is -2.30. The van der Waals surface area contributed by atoms with Gasteiger partial charge in [0.25, 0.3) is 0 Å². The van der Waals surface area contributed by atoms with Gasteiger partial charge in [-0.25, -0.2) is 0 Å². The Morgan fingerprint density at radius 3 is 2.77 bits per heavy atom. The van der Waals surface area contributed by atoms with E-state index >= 15 is 0 Å². The minimum atomic E-state index is -0.663. The molecule has 2 unspecified atom stereocenters. The summed E-state index contributed by atoms with van der Waals surface area (Å²) < 4.78 is 17.2. The molecule has 0 aromatic heterocycles. The second-order valence-electron chi connectivity index (χ2n) is 6.26. The zero-order valence-electron chi connectivity index (χ0n) is 14.4. The van der Waals surface area contributed by atoms with Crippen molar-refractivity contribution in [2.45, 2.75) is 12.2 Å². The first kappa shape index (κ1) is 19.1. The lowest BCUT2D eigenvalue weighted by atomic mass is 10.2. The first-order valence-corrected chi connectivity index (χ1v) is 9.10. The first-order valence-electron chi connectivity index (χ1n) is 8.34. The summed E-state index contributed by atoms with van der Waals surface area (Å²) in [6.45, 7) is 1.69. The van der Waals surface area contributed by atoms with Crippen LogP contribution >= 0.6 is 23.2 Å². The number of benzene rings is 2. The Hall–Kier alpha value is -1.66. The number of likely N-dealkylation sites (N-methyl/N-ethyl adjacent to an activating group) is 1. The number of para-hydroxylation sites is 2. The van der Waals surface area contributed by atoms with E-state index in [0.29, 0.717) is 35.5 Å². The zero-order valence-corrected chi connectivity index (χ0v) is 15.9. The Bertz CT molecular complexity index is 743. The van der Waals surface area contributed by atoms with Gasteiger partial charge in [0.05, 0.1) is 5.02 Å². The molecular formula is C19H21Cl2NO4. The maximum atomic E-state index is 10.2. The van der Waals surface area contributed by atoms with E-state index < -0.39 is 6.10 Å². The van der Waals surface area contributed by atoms with E-state index in [2.05, 4.69) is 0 Å². The molecule has 1 N–H and O–H groups in total. The first-order chi connectivity index (χ1) is 12.5. The minimum absolute atomic E-state index is 0.0891. The van der Waals surface area contributed by atoms with Crippen molar-refractivity contribution in [3.8, 4) is 17.2 Å². The van der Waals surface area contributed by atoms with Gasteiger partial charge in [-0.2, -0.15) is 0 Å². The topological polar surface area (TPSA) is 51.2 Å². The van der Waals surface area contributed by atoms with Gasteiger partial charge in [-0.05, 0) is 37.4 Å². The van der Waals surface area contributed by atoms with Crippen LogP contribution in [0.2, 0.25) is 10.0 Å². The maximum Gasteiger partial charge on any atom is 0.161 e. The van der Waals surface area contributed by atoms with Crippen molar-refractivity contribution >= 4 is 23.2 Å². The molecule has 0 saturated heterocycles. The Morgan fingerprint density at radius 1 is 1.23 bits per heavy atom. The van der Waals surface area contributed by atoms with Crippen LogP contribution in [0.15, 0.2) is 42.5 Å². The van der Waals surface area contributed by atoms with Gasteiger partial charge < -0.3 is 19.3 Å². The van der Waals surface area contributed by atoms with Crippen molar-refractivity contribution in [1.82, 2.24) is 4.90 Å². The van der Waals surface area contributed by atoms with E-state index in [1.807, 2.05) is 36.2 Å². The molecule has 2 aromatic carbocycles. The third-order valence-electron chi connectivity index (χ3n) is 3.93. The Labute approximate surface area is 163 Å². The summed E-state index contributed by atoms with van der Waals surface area (Å²) in [6, 6.07) is 12.6. The van der Waals surface area contributed by atoms with Crippen molar-refractivity contribution < 1.29 is 19.3 Å². The fourth-order valence-electron chi connectivity index (χ4n) is 2.77. The van der Waals surface area contributed by atoms with Gasteiger partial charge in [-0.15, -0.1) is 0 Å². The van der Waals surface area contributed by atoms with E-state index in [9.17, 15) is 5.11 Å². The molecule has 1 heterocycles. The number of rotatable bonds is 7. The van der Waals surface area contributed by atoms with Crippen LogP contribution in [0.5, 0.6) is 17.2 Å². The highest BCUT2D eigenvalue weighted by Crippen LogP contribution is 2.31. The molecule has 0 saturated carbocycles. The van der Waals surface area contributed by atoms with E-state index in [1.54, 1.807) is 18.2 Å². The van der Waals surface area contributed by atoms with Crippen LogP contribution < -0.4 is 14.2 Å². The second kappa shape index (κ2) is 8.82. The summed E-state index contributed by atoms with van der Waals surface area (Å²) in [5.74, 6) is 2.01. The molecule has 3 rings (SSSR count). The van der Waals surface area contributed by atoms with Gasteiger partial charge >= 0.3 is 0 Å². The SMILES string of the molecule is CN(CC(O)COc1ccc(Cl)cc1Cl)CC1COc2ccccc2O1. The van der Waals surface area contributed by atoms with Crippen LogP contribution in [0, 0.1) is 0 Å². The average Bonchev–Trinajstić information content (AvgIpc) is 2.60. The van der Waals surface area contributed by atoms with Gasteiger partial charge in [-0.3, -0.25) is 4.90 Å². The van der Waals surface area contributed by atoms with Crippen LogP contribution in [0.1, 0.15) is 0 Å². The van der Waals surface area contributed by atoms with Gasteiger partial charge in [0, 0.05) is 18.1 Å². The molecule has 0 fully saturated rings. The van der Waals surface area contributed by atoms with Crippen molar-refractivity contribution in [1.29, 1.82) is 0 Å². The maximum absolute atomic E-state index is 10.2. The fourth-order valence-corrected chi connectivity index (χ4v) is 3.23. The summed E-state index contributed by atoms with van der Waals surface area (Å²) in [5, 5.41) is 11.2. The molecule has 0 radical (unpaired) electrons. The van der Waals surface area contributed by atoms with E-state index in [4.69, 9.17) is 37.4 Å². The number of ether oxygens (including phenoxy) is 3. The molecule has 140 valence electrons. The van der Waals surface area contributed by atoms with Crippen LogP contribution in [0.3, 0.4) is 0 Å². The summed E-state index contributed by atoms with van der Waals surface area (Å²) in [7, 11) is 1.92. The van der Waals surface area contributed by atoms with Gasteiger partial charge in [0.1, 0.15) is 31.2 Å². The van der Waals surface area contributed by atoms with Crippen LogP contribution in [-0.4, -0.2) is 55.6 Å². The molecule has 1 aliphatic heterocycles. The van der Waals surface area contributed by atoms with Crippen LogP contribution in [-0.2, 0) is 0 Å². The van der Waals surface area contributed by atoms with Gasteiger partial charge in [0.15, 0.2) is 11.5 Å².